The maximum atomic E-state index is 14.5. The summed E-state index contributed by atoms with van der Waals surface area (Å²) < 4.78 is 76.1. The predicted octanol–water partition coefficient (Wildman–Crippen LogP) is 4.08. The summed E-state index contributed by atoms with van der Waals surface area (Å²) in [7, 11) is -1.87. The first-order valence-corrected chi connectivity index (χ1v) is 10.3. The maximum absolute atomic E-state index is 14.5. The lowest BCUT2D eigenvalue weighted by Crippen LogP contribution is -2.19. The molecule has 0 radical (unpaired) electrons. The van der Waals surface area contributed by atoms with E-state index < -0.39 is 39.1 Å². The number of nitrogens with one attached hydrogen (secondary N) is 2. The maximum Gasteiger partial charge on any atom is 0.354 e. The quantitative estimate of drug-likeness (QED) is 0.549. The molecule has 3 rings (SSSR count). The van der Waals surface area contributed by atoms with E-state index in [1.54, 1.807) is 13.0 Å². The van der Waals surface area contributed by atoms with Gasteiger partial charge >= 0.3 is 5.97 Å². The Morgan fingerprint density at radius 3 is 2.32 bits per heavy atom. The molecule has 0 fully saturated rings. The van der Waals surface area contributed by atoms with Crippen molar-refractivity contribution in [3.63, 3.8) is 0 Å². The lowest BCUT2D eigenvalue weighted by molar-refractivity contribution is 0.0589. The standard InChI is InChI=1S/C20H18F3N3O4S/c1-11-4-6-14(13(22)10-11)24-19-15(7-5-12(21)18(19)23)25-31(28,29)17-9-8-16(26(17)2)20(27)30-3/h4-10,24-25H,1-3H3. The van der Waals surface area contributed by atoms with Gasteiger partial charge in [-0.25, -0.2) is 18.0 Å². The fraction of sp³-hybridized carbons (Fsp3) is 0.150. The second kappa shape index (κ2) is 8.34. The highest BCUT2D eigenvalue weighted by Gasteiger charge is 2.25. The summed E-state index contributed by atoms with van der Waals surface area (Å²) in [5, 5.41) is 2.07. The predicted molar refractivity (Wildman–Crippen MR) is 108 cm³/mol. The summed E-state index contributed by atoms with van der Waals surface area (Å²) in [5.41, 5.74) is -0.571. The molecule has 0 aliphatic carbocycles. The molecule has 164 valence electrons. The van der Waals surface area contributed by atoms with Gasteiger partial charge in [-0.1, -0.05) is 6.07 Å². The fourth-order valence-corrected chi connectivity index (χ4v) is 4.15. The smallest absolute Gasteiger partial charge is 0.354 e. The molecule has 31 heavy (non-hydrogen) atoms. The number of benzene rings is 2. The second-order valence-electron chi connectivity index (χ2n) is 6.61. The number of hydrogen-bond acceptors (Lipinski definition) is 5. The van der Waals surface area contributed by atoms with Crippen molar-refractivity contribution in [3.05, 3.63) is 71.2 Å². The summed E-state index contributed by atoms with van der Waals surface area (Å²) in [5.74, 6) is -4.15. The van der Waals surface area contributed by atoms with Crippen molar-refractivity contribution in [3.8, 4) is 0 Å². The molecule has 1 aromatic heterocycles. The minimum absolute atomic E-state index is 0.0340. The molecule has 0 amide bonds. The van der Waals surface area contributed by atoms with Crippen molar-refractivity contribution in [2.24, 2.45) is 7.05 Å². The van der Waals surface area contributed by atoms with Gasteiger partial charge in [0, 0.05) is 7.05 Å². The van der Waals surface area contributed by atoms with Gasteiger partial charge in [0.1, 0.15) is 17.2 Å². The third-order valence-electron chi connectivity index (χ3n) is 4.47. The van der Waals surface area contributed by atoms with Crippen LogP contribution in [0.3, 0.4) is 0 Å². The van der Waals surface area contributed by atoms with E-state index in [0.29, 0.717) is 5.56 Å². The monoisotopic (exact) mass is 453 g/mol. The van der Waals surface area contributed by atoms with E-state index >= 15 is 0 Å². The first-order valence-electron chi connectivity index (χ1n) is 8.83. The topological polar surface area (TPSA) is 89.4 Å². The molecule has 0 atom stereocenters. The van der Waals surface area contributed by atoms with Crippen molar-refractivity contribution in [2.75, 3.05) is 17.1 Å². The molecule has 0 saturated carbocycles. The number of hydrogen-bond donors (Lipinski definition) is 2. The zero-order valence-electron chi connectivity index (χ0n) is 16.7. The number of rotatable bonds is 6. The third-order valence-corrected chi connectivity index (χ3v) is 5.92. The molecule has 11 heteroatoms. The van der Waals surface area contributed by atoms with Crippen molar-refractivity contribution in [1.82, 2.24) is 4.57 Å². The van der Waals surface area contributed by atoms with Gasteiger partial charge in [0.2, 0.25) is 0 Å². The Balaban J connectivity index is 2.03. The molecule has 2 N–H and O–H groups in total. The van der Waals surface area contributed by atoms with Gasteiger partial charge in [0.25, 0.3) is 10.0 Å². The van der Waals surface area contributed by atoms with Crippen molar-refractivity contribution in [1.29, 1.82) is 0 Å². The molecule has 0 spiro atoms. The van der Waals surface area contributed by atoms with Crippen LogP contribution in [0.15, 0.2) is 47.5 Å². The number of ether oxygens (including phenoxy) is 1. The van der Waals surface area contributed by atoms with Crippen molar-refractivity contribution < 1.29 is 31.1 Å². The van der Waals surface area contributed by atoms with Crippen LogP contribution in [0.1, 0.15) is 16.1 Å². The van der Waals surface area contributed by atoms with Crippen molar-refractivity contribution in [2.45, 2.75) is 11.9 Å². The molecular formula is C20H18F3N3O4S. The van der Waals surface area contributed by atoms with Crippen molar-refractivity contribution >= 4 is 33.1 Å². The second-order valence-corrected chi connectivity index (χ2v) is 8.23. The number of carbonyl (C=O) groups is 1. The SMILES string of the molecule is COC(=O)c1ccc(S(=O)(=O)Nc2ccc(F)c(F)c2Nc2ccc(C)cc2F)n1C. The first-order chi connectivity index (χ1) is 14.5. The summed E-state index contributed by atoms with van der Waals surface area (Å²) in [6.07, 6.45) is 0. The number of esters is 1. The van der Waals surface area contributed by atoms with Crippen LogP contribution in [0.25, 0.3) is 0 Å². The molecule has 0 aliphatic heterocycles. The number of methoxy groups -OCH3 is 1. The number of aryl methyl sites for hydroxylation is 1. The molecule has 0 unspecified atom stereocenters. The zero-order valence-corrected chi connectivity index (χ0v) is 17.5. The average molecular weight is 453 g/mol. The van der Waals surface area contributed by atoms with Gasteiger partial charge in [-0.2, -0.15) is 8.42 Å². The van der Waals surface area contributed by atoms with Gasteiger partial charge in [-0.3, -0.25) is 4.72 Å². The summed E-state index contributed by atoms with van der Waals surface area (Å²) in [4.78, 5) is 11.7. The number of anilines is 3. The molecule has 7 nitrogen and oxygen atoms in total. The Morgan fingerprint density at radius 2 is 1.68 bits per heavy atom. The Bertz CT molecular complexity index is 1270. The fourth-order valence-electron chi connectivity index (χ4n) is 2.88. The first kappa shape index (κ1) is 22.2. The Labute approximate surface area is 176 Å². The van der Waals surface area contributed by atoms with Gasteiger partial charge in [0.15, 0.2) is 16.7 Å². The van der Waals surface area contributed by atoms with E-state index in [4.69, 9.17) is 0 Å². The average Bonchev–Trinajstić information content (AvgIpc) is 3.10. The summed E-state index contributed by atoms with van der Waals surface area (Å²) >= 11 is 0. The highest BCUT2D eigenvalue weighted by molar-refractivity contribution is 7.92. The molecule has 0 aliphatic rings. The van der Waals surface area contributed by atoms with Crippen LogP contribution in [0.5, 0.6) is 0 Å². The van der Waals surface area contributed by atoms with Crippen LogP contribution >= 0.6 is 0 Å². The molecule has 2 aromatic carbocycles. The van der Waals surface area contributed by atoms with E-state index in [1.807, 2.05) is 0 Å². The molecule has 3 aromatic rings. The molecular weight excluding hydrogens is 435 g/mol. The summed E-state index contributed by atoms with van der Waals surface area (Å²) in [6, 6.07) is 8.16. The third kappa shape index (κ3) is 4.36. The number of sulfonamides is 1. The van der Waals surface area contributed by atoms with E-state index in [9.17, 15) is 26.4 Å². The highest BCUT2D eigenvalue weighted by Crippen LogP contribution is 2.33. The highest BCUT2D eigenvalue weighted by atomic mass is 32.2. The largest absolute Gasteiger partial charge is 0.464 e. The normalized spacial score (nSPS) is 11.3. The zero-order chi connectivity index (χ0) is 22.9. The van der Waals surface area contributed by atoms with E-state index in [0.717, 1.165) is 29.9 Å². The van der Waals surface area contributed by atoms with E-state index in [2.05, 4.69) is 14.8 Å². The van der Waals surface area contributed by atoms with Crippen LogP contribution in [-0.2, 0) is 21.8 Å². The van der Waals surface area contributed by atoms with Crippen LogP contribution in [0, 0.1) is 24.4 Å². The van der Waals surface area contributed by atoms with Gasteiger partial charge in [0.05, 0.1) is 18.5 Å². The van der Waals surface area contributed by atoms with E-state index in [1.165, 1.54) is 25.2 Å². The minimum atomic E-state index is -4.34. The Kier molecular flexibility index (Phi) is 5.98. The van der Waals surface area contributed by atoms with Gasteiger partial charge in [-0.15, -0.1) is 0 Å². The lowest BCUT2D eigenvalue weighted by Gasteiger charge is -2.16. The number of halogens is 3. The van der Waals surface area contributed by atoms with Gasteiger partial charge < -0.3 is 14.6 Å². The minimum Gasteiger partial charge on any atom is -0.464 e. The van der Waals surface area contributed by atoms with Crippen LogP contribution < -0.4 is 10.0 Å². The van der Waals surface area contributed by atoms with Crippen LogP contribution in [0.2, 0.25) is 0 Å². The lowest BCUT2D eigenvalue weighted by atomic mass is 10.2. The molecule has 0 bridgehead atoms. The molecule has 1 heterocycles. The Hall–Kier alpha value is -3.47. The van der Waals surface area contributed by atoms with Crippen LogP contribution in [-0.4, -0.2) is 26.1 Å². The summed E-state index contributed by atoms with van der Waals surface area (Å²) in [6.45, 7) is 1.65. The Morgan fingerprint density at radius 1 is 1.00 bits per heavy atom. The number of carbonyl (C=O) groups excluding carboxylic acids is 1. The molecule has 0 saturated heterocycles. The van der Waals surface area contributed by atoms with E-state index in [-0.39, 0.29) is 22.1 Å². The van der Waals surface area contributed by atoms with Gasteiger partial charge in [-0.05, 0) is 48.9 Å². The van der Waals surface area contributed by atoms with Crippen LogP contribution in [0.4, 0.5) is 30.2 Å². The number of nitrogens with zero attached hydrogens (tertiary/aromatic N) is 1. The number of aromatic nitrogens is 1.